The van der Waals surface area contributed by atoms with E-state index in [-0.39, 0.29) is 6.10 Å². The van der Waals surface area contributed by atoms with Gasteiger partial charge in [0.05, 0.1) is 6.10 Å². The van der Waals surface area contributed by atoms with Crippen molar-refractivity contribution >= 4 is 0 Å². The number of hydrogen-bond acceptors (Lipinski definition) is 2. The molecule has 1 fully saturated rings. The molecule has 0 aromatic heterocycles. The Balaban J connectivity index is 2.22. The van der Waals surface area contributed by atoms with E-state index in [4.69, 9.17) is 0 Å². The first-order valence-electron chi connectivity index (χ1n) is 7.91. The van der Waals surface area contributed by atoms with Crippen molar-refractivity contribution in [1.29, 1.82) is 0 Å². The van der Waals surface area contributed by atoms with Crippen molar-refractivity contribution in [3.63, 3.8) is 0 Å². The molecule has 1 heterocycles. The van der Waals surface area contributed by atoms with Crippen LogP contribution >= 0.6 is 0 Å². The van der Waals surface area contributed by atoms with Gasteiger partial charge in [0.2, 0.25) is 0 Å². The normalized spacial score (nSPS) is 22.0. The molecule has 1 N–H and O–H groups in total. The molecule has 1 saturated heterocycles. The fourth-order valence-electron chi connectivity index (χ4n) is 3.49. The largest absolute Gasteiger partial charge is 0.387 e. The van der Waals surface area contributed by atoms with Crippen molar-refractivity contribution in [2.24, 2.45) is 0 Å². The maximum absolute atomic E-state index is 10.8. The lowest BCUT2D eigenvalue weighted by molar-refractivity contribution is 0.0725. The van der Waals surface area contributed by atoms with Gasteiger partial charge < -0.3 is 5.11 Å². The third-order valence-corrected chi connectivity index (χ3v) is 5.11. The predicted molar refractivity (Wildman–Crippen MR) is 85.2 cm³/mol. The average molecular weight is 275 g/mol. The van der Waals surface area contributed by atoms with Crippen LogP contribution in [0, 0.1) is 27.7 Å². The zero-order chi connectivity index (χ0) is 14.9. The molecule has 2 nitrogen and oxygen atoms in total. The zero-order valence-corrected chi connectivity index (χ0v) is 13.7. The molecule has 2 rings (SSSR count). The van der Waals surface area contributed by atoms with E-state index in [0.29, 0.717) is 6.04 Å². The molecule has 1 aliphatic rings. The van der Waals surface area contributed by atoms with E-state index in [9.17, 15) is 5.11 Å². The Morgan fingerprint density at radius 2 is 1.75 bits per heavy atom. The second-order valence-electron chi connectivity index (χ2n) is 6.53. The minimum absolute atomic E-state index is 0.367. The molecular weight excluding hydrogens is 246 g/mol. The Bertz CT molecular complexity index is 455. The first-order valence-corrected chi connectivity index (χ1v) is 7.91. The number of benzene rings is 1. The Labute approximate surface area is 123 Å². The highest BCUT2D eigenvalue weighted by atomic mass is 16.3. The van der Waals surface area contributed by atoms with Crippen LogP contribution in [0.5, 0.6) is 0 Å². The standard InChI is InChI=1S/C18H29NO/c1-12-10-13(2)16(5)18(15(12)4)17(20)11-19-9-7-6-8-14(19)3/h10,14,17,20H,6-9,11H2,1-5H3. The number of nitrogens with zero attached hydrogens (tertiary/aromatic N) is 1. The number of rotatable bonds is 3. The van der Waals surface area contributed by atoms with E-state index in [1.807, 2.05) is 0 Å². The van der Waals surface area contributed by atoms with Gasteiger partial charge in [0.15, 0.2) is 0 Å². The summed E-state index contributed by atoms with van der Waals surface area (Å²) in [4.78, 5) is 2.45. The zero-order valence-electron chi connectivity index (χ0n) is 13.7. The highest BCUT2D eigenvalue weighted by Gasteiger charge is 2.23. The van der Waals surface area contributed by atoms with Crippen LogP contribution in [0.4, 0.5) is 0 Å². The van der Waals surface area contributed by atoms with E-state index < -0.39 is 0 Å². The minimum Gasteiger partial charge on any atom is -0.387 e. The van der Waals surface area contributed by atoms with E-state index >= 15 is 0 Å². The summed E-state index contributed by atoms with van der Waals surface area (Å²) in [6, 6.07) is 2.83. The van der Waals surface area contributed by atoms with Gasteiger partial charge in [-0.15, -0.1) is 0 Å². The van der Waals surface area contributed by atoms with Crippen LogP contribution in [-0.2, 0) is 0 Å². The first-order chi connectivity index (χ1) is 9.41. The van der Waals surface area contributed by atoms with Gasteiger partial charge in [0.25, 0.3) is 0 Å². The van der Waals surface area contributed by atoms with Crippen molar-refractivity contribution in [2.75, 3.05) is 13.1 Å². The molecule has 0 radical (unpaired) electrons. The Kier molecular flexibility index (Phi) is 4.87. The highest BCUT2D eigenvalue weighted by molar-refractivity contribution is 5.45. The van der Waals surface area contributed by atoms with Gasteiger partial charge >= 0.3 is 0 Å². The molecular formula is C18H29NO. The van der Waals surface area contributed by atoms with Gasteiger partial charge in [-0.25, -0.2) is 0 Å². The van der Waals surface area contributed by atoms with E-state index in [0.717, 1.165) is 18.7 Å². The number of aliphatic hydroxyl groups is 1. The third-order valence-electron chi connectivity index (χ3n) is 5.11. The molecule has 0 spiro atoms. The fourth-order valence-corrected chi connectivity index (χ4v) is 3.49. The summed E-state index contributed by atoms with van der Waals surface area (Å²) in [5, 5.41) is 10.8. The summed E-state index contributed by atoms with van der Waals surface area (Å²) in [6.45, 7) is 12.7. The first kappa shape index (κ1) is 15.5. The van der Waals surface area contributed by atoms with E-state index in [2.05, 4.69) is 45.6 Å². The van der Waals surface area contributed by atoms with Crippen molar-refractivity contribution in [1.82, 2.24) is 4.90 Å². The van der Waals surface area contributed by atoms with Crippen molar-refractivity contribution in [3.8, 4) is 0 Å². The number of likely N-dealkylation sites (tertiary alicyclic amines) is 1. The van der Waals surface area contributed by atoms with Crippen LogP contribution in [0.3, 0.4) is 0 Å². The molecule has 2 heteroatoms. The molecule has 2 atom stereocenters. The highest BCUT2D eigenvalue weighted by Crippen LogP contribution is 2.29. The molecule has 112 valence electrons. The summed E-state index contributed by atoms with van der Waals surface area (Å²) in [5.74, 6) is 0. The molecule has 0 aliphatic carbocycles. The van der Waals surface area contributed by atoms with Crippen LogP contribution in [0.25, 0.3) is 0 Å². The molecule has 0 saturated carbocycles. The van der Waals surface area contributed by atoms with Crippen LogP contribution in [0.2, 0.25) is 0 Å². The SMILES string of the molecule is Cc1cc(C)c(C)c(C(O)CN2CCCCC2C)c1C. The smallest absolute Gasteiger partial charge is 0.0922 e. The van der Waals surface area contributed by atoms with Gasteiger partial charge in [-0.1, -0.05) is 12.5 Å². The van der Waals surface area contributed by atoms with E-state index in [1.165, 1.54) is 41.5 Å². The fraction of sp³-hybridized carbons (Fsp3) is 0.667. The summed E-state index contributed by atoms with van der Waals surface area (Å²) in [7, 11) is 0. The van der Waals surface area contributed by atoms with Crippen LogP contribution in [-0.4, -0.2) is 29.1 Å². The maximum Gasteiger partial charge on any atom is 0.0922 e. The molecule has 1 aromatic carbocycles. The third kappa shape index (κ3) is 3.07. The molecule has 20 heavy (non-hydrogen) atoms. The van der Waals surface area contributed by atoms with Crippen LogP contribution in [0.1, 0.15) is 60.1 Å². The molecule has 1 aromatic rings. The van der Waals surface area contributed by atoms with Gasteiger partial charge in [-0.3, -0.25) is 4.90 Å². The summed E-state index contributed by atoms with van der Waals surface area (Å²) < 4.78 is 0. The summed E-state index contributed by atoms with van der Waals surface area (Å²) in [6.07, 6.45) is 3.49. The maximum atomic E-state index is 10.8. The lowest BCUT2D eigenvalue weighted by Crippen LogP contribution is -2.40. The Morgan fingerprint density at radius 1 is 1.15 bits per heavy atom. The quantitative estimate of drug-likeness (QED) is 0.906. The molecule has 2 unspecified atom stereocenters. The second kappa shape index (κ2) is 6.28. The predicted octanol–water partition coefficient (Wildman–Crippen LogP) is 3.83. The van der Waals surface area contributed by atoms with Crippen molar-refractivity contribution in [3.05, 3.63) is 33.9 Å². The molecule has 0 bridgehead atoms. The van der Waals surface area contributed by atoms with Crippen LogP contribution < -0.4 is 0 Å². The number of piperidine rings is 1. The topological polar surface area (TPSA) is 23.5 Å². The second-order valence-corrected chi connectivity index (χ2v) is 6.53. The van der Waals surface area contributed by atoms with Gasteiger partial charge in [-0.2, -0.15) is 0 Å². The minimum atomic E-state index is -0.367. The Hall–Kier alpha value is -0.860. The molecule has 1 aliphatic heterocycles. The summed E-state index contributed by atoms with van der Waals surface area (Å²) in [5.41, 5.74) is 6.23. The van der Waals surface area contributed by atoms with Gasteiger partial charge in [0, 0.05) is 12.6 Å². The summed E-state index contributed by atoms with van der Waals surface area (Å²) >= 11 is 0. The Morgan fingerprint density at radius 3 is 2.30 bits per heavy atom. The van der Waals surface area contributed by atoms with Crippen molar-refractivity contribution in [2.45, 2.75) is 66.0 Å². The number of aliphatic hydroxyl groups excluding tert-OH is 1. The van der Waals surface area contributed by atoms with Gasteiger partial charge in [0.1, 0.15) is 0 Å². The lowest BCUT2D eigenvalue weighted by Gasteiger charge is -2.35. The monoisotopic (exact) mass is 275 g/mol. The number of β-amino-alcohol motifs (C(OH)–C–C–N with tert-alkyl or cyclic N) is 1. The number of aryl methyl sites for hydroxylation is 2. The van der Waals surface area contributed by atoms with Crippen molar-refractivity contribution < 1.29 is 5.11 Å². The number of hydrogen-bond donors (Lipinski definition) is 1. The van der Waals surface area contributed by atoms with Crippen LogP contribution in [0.15, 0.2) is 6.07 Å². The lowest BCUT2D eigenvalue weighted by atomic mass is 9.90. The molecule has 0 amide bonds. The van der Waals surface area contributed by atoms with Gasteiger partial charge in [-0.05, 0) is 81.8 Å². The van der Waals surface area contributed by atoms with E-state index in [1.54, 1.807) is 0 Å². The average Bonchev–Trinajstić information content (AvgIpc) is 2.39.